The first-order valence-electron chi connectivity index (χ1n) is 18.3. The van der Waals surface area contributed by atoms with E-state index < -0.39 is 0 Å². The smallest absolute Gasteiger partial charge is 0.161 e. The molecule has 0 saturated carbocycles. The molecular weight excluding hydrogens is 657 g/mol. The second-order valence-electron chi connectivity index (χ2n) is 13.8. The fourth-order valence-corrected chi connectivity index (χ4v) is 8.25. The maximum atomic E-state index is 5.28. The van der Waals surface area contributed by atoms with Gasteiger partial charge in [0.2, 0.25) is 0 Å². The first-order valence-corrected chi connectivity index (χ1v) is 18.3. The Kier molecular flexibility index (Phi) is 6.82. The van der Waals surface area contributed by atoms with Gasteiger partial charge in [0.25, 0.3) is 0 Å². The number of nitrogens with zero attached hydrogens (tertiary/aromatic N) is 4. The zero-order chi connectivity index (χ0) is 35.6. The second-order valence-corrected chi connectivity index (χ2v) is 13.8. The van der Waals surface area contributed by atoms with Gasteiger partial charge in [-0.1, -0.05) is 140 Å². The quantitative estimate of drug-likeness (QED) is 0.180. The van der Waals surface area contributed by atoms with E-state index in [0.29, 0.717) is 5.82 Å². The van der Waals surface area contributed by atoms with Crippen LogP contribution in [0.15, 0.2) is 194 Å². The largest absolute Gasteiger partial charge is 0.309 e. The van der Waals surface area contributed by atoms with Crippen LogP contribution in [0.2, 0.25) is 0 Å². The predicted molar refractivity (Wildman–Crippen MR) is 225 cm³/mol. The van der Waals surface area contributed by atoms with Crippen LogP contribution in [0, 0.1) is 0 Å². The Labute approximate surface area is 311 Å². The fraction of sp³-hybridized carbons (Fsp3) is 0. The third-order valence-corrected chi connectivity index (χ3v) is 10.7. The van der Waals surface area contributed by atoms with Crippen LogP contribution < -0.4 is 0 Å². The molecule has 0 fully saturated rings. The van der Waals surface area contributed by atoms with Gasteiger partial charge in [0, 0.05) is 49.6 Å². The molecule has 0 radical (unpaired) electrons. The van der Waals surface area contributed by atoms with Gasteiger partial charge in [-0.05, 0) is 65.4 Å². The third-order valence-electron chi connectivity index (χ3n) is 10.7. The zero-order valence-corrected chi connectivity index (χ0v) is 29.3. The minimum atomic E-state index is 0.695. The van der Waals surface area contributed by atoms with E-state index in [-0.39, 0.29) is 0 Å². The Hall–Kier alpha value is -7.30. The number of para-hydroxylation sites is 3. The minimum absolute atomic E-state index is 0.695. The van der Waals surface area contributed by atoms with Gasteiger partial charge < -0.3 is 9.13 Å². The molecule has 8 aromatic carbocycles. The maximum absolute atomic E-state index is 5.28. The lowest BCUT2D eigenvalue weighted by atomic mass is 10.0. The average molecular weight is 689 g/mol. The number of rotatable bonds is 5. The predicted octanol–water partition coefficient (Wildman–Crippen LogP) is 12.8. The second kappa shape index (κ2) is 12.1. The van der Waals surface area contributed by atoms with E-state index in [9.17, 15) is 0 Å². The maximum Gasteiger partial charge on any atom is 0.161 e. The highest BCUT2D eigenvalue weighted by Gasteiger charge is 2.20. The first-order chi connectivity index (χ1) is 26.8. The van der Waals surface area contributed by atoms with Crippen molar-refractivity contribution in [1.82, 2.24) is 19.1 Å². The average Bonchev–Trinajstić information content (AvgIpc) is 3.75. The number of benzene rings is 8. The lowest BCUT2D eigenvalue weighted by molar-refractivity contribution is 1.16. The molecule has 0 amide bonds. The van der Waals surface area contributed by atoms with Gasteiger partial charge in [0.1, 0.15) is 0 Å². The van der Waals surface area contributed by atoms with Crippen LogP contribution in [0.4, 0.5) is 0 Å². The highest BCUT2D eigenvalue weighted by molar-refractivity contribution is 6.19. The van der Waals surface area contributed by atoms with Crippen LogP contribution in [0.3, 0.4) is 0 Å². The summed E-state index contributed by atoms with van der Waals surface area (Å²) in [6, 6.07) is 69.0. The summed E-state index contributed by atoms with van der Waals surface area (Å²) in [5, 5.41) is 7.16. The van der Waals surface area contributed by atoms with Gasteiger partial charge in [0.05, 0.1) is 33.5 Å². The summed E-state index contributed by atoms with van der Waals surface area (Å²) in [5.74, 6) is 0.695. The van der Waals surface area contributed by atoms with Crippen LogP contribution in [-0.2, 0) is 0 Å². The minimum Gasteiger partial charge on any atom is -0.309 e. The number of aromatic nitrogens is 4. The first kappa shape index (κ1) is 30.3. The van der Waals surface area contributed by atoms with E-state index in [0.717, 1.165) is 61.3 Å². The van der Waals surface area contributed by atoms with Gasteiger partial charge in [-0.25, -0.2) is 9.97 Å². The molecule has 11 aromatic rings. The van der Waals surface area contributed by atoms with Crippen molar-refractivity contribution in [3.8, 4) is 45.3 Å². The molecular formula is C50H32N4. The Morgan fingerprint density at radius 1 is 0.315 bits per heavy atom. The van der Waals surface area contributed by atoms with Crippen LogP contribution in [0.1, 0.15) is 0 Å². The van der Waals surface area contributed by atoms with E-state index >= 15 is 0 Å². The topological polar surface area (TPSA) is 35.6 Å². The molecule has 0 N–H and O–H groups in total. The Bertz CT molecular complexity index is 3140. The molecule has 3 heterocycles. The van der Waals surface area contributed by atoms with Crippen LogP contribution in [0.25, 0.3) is 99.7 Å². The Balaban J connectivity index is 1.22. The summed E-state index contributed by atoms with van der Waals surface area (Å²) < 4.78 is 4.82. The summed E-state index contributed by atoms with van der Waals surface area (Å²) in [6.07, 6.45) is 0. The van der Waals surface area contributed by atoms with Crippen molar-refractivity contribution in [2.75, 3.05) is 0 Å². The summed E-state index contributed by atoms with van der Waals surface area (Å²) in [6.45, 7) is 0. The van der Waals surface area contributed by atoms with Gasteiger partial charge in [-0.3, -0.25) is 0 Å². The fourth-order valence-electron chi connectivity index (χ4n) is 8.25. The van der Waals surface area contributed by atoms with Crippen LogP contribution in [-0.4, -0.2) is 19.1 Å². The molecule has 0 bridgehead atoms. The molecule has 4 nitrogen and oxygen atoms in total. The van der Waals surface area contributed by atoms with E-state index in [4.69, 9.17) is 9.97 Å². The monoisotopic (exact) mass is 688 g/mol. The highest BCUT2D eigenvalue weighted by atomic mass is 15.0. The van der Waals surface area contributed by atoms with Gasteiger partial charge in [-0.15, -0.1) is 0 Å². The highest BCUT2D eigenvalue weighted by Crippen LogP contribution is 2.41. The van der Waals surface area contributed by atoms with Gasteiger partial charge in [0.15, 0.2) is 5.82 Å². The molecule has 0 saturated heterocycles. The van der Waals surface area contributed by atoms with E-state index in [1.54, 1.807) is 0 Å². The summed E-state index contributed by atoms with van der Waals surface area (Å²) in [5.41, 5.74) is 11.8. The van der Waals surface area contributed by atoms with Crippen molar-refractivity contribution < 1.29 is 0 Å². The standard InChI is InChI=1S/C50H32N4/c1-4-16-33(17-5-1)44-31-45(34-18-6-2-7-19-34)52-50(51-44)43-29-37(28-35-20-10-11-23-38(35)43)54-47-27-15-13-25-40(47)42-30-41-39-24-12-14-26-46(39)53(48(41)32-49(42)54)36-21-8-3-9-22-36/h1-32H. The molecule has 54 heavy (non-hydrogen) atoms. The molecule has 0 aliphatic heterocycles. The molecule has 0 atom stereocenters. The van der Waals surface area contributed by atoms with E-state index in [1.807, 2.05) is 12.1 Å². The molecule has 3 aromatic heterocycles. The molecule has 252 valence electrons. The number of hydrogen-bond acceptors (Lipinski definition) is 2. The molecule has 0 spiro atoms. The van der Waals surface area contributed by atoms with Crippen molar-refractivity contribution in [3.05, 3.63) is 194 Å². The summed E-state index contributed by atoms with van der Waals surface area (Å²) in [4.78, 5) is 10.6. The molecule has 0 aliphatic carbocycles. The van der Waals surface area contributed by atoms with Gasteiger partial charge >= 0.3 is 0 Å². The summed E-state index contributed by atoms with van der Waals surface area (Å²) in [7, 11) is 0. The Morgan fingerprint density at radius 3 is 1.39 bits per heavy atom. The molecule has 4 heteroatoms. The lowest BCUT2D eigenvalue weighted by Gasteiger charge is -2.15. The molecule has 0 aliphatic rings. The van der Waals surface area contributed by atoms with E-state index in [1.165, 1.54) is 32.6 Å². The SMILES string of the molecule is c1ccc(-c2cc(-c3ccccc3)nc(-c3cc(-n4c5ccccc5c5cc6c7ccccc7n(-c7ccccc7)c6cc54)cc4ccccc34)n2)cc1. The Morgan fingerprint density at radius 2 is 0.796 bits per heavy atom. The third kappa shape index (κ3) is 4.78. The van der Waals surface area contributed by atoms with Crippen molar-refractivity contribution in [2.45, 2.75) is 0 Å². The molecule has 11 rings (SSSR count). The van der Waals surface area contributed by atoms with Crippen molar-refractivity contribution in [1.29, 1.82) is 0 Å². The normalized spacial score (nSPS) is 11.7. The number of hydrogen-bond donors (Lipinski definition) is 0. The lowest BCUT2D eigenvalue weighted by Crippen LogP contribution is -1.99. The van der Waals surface area contributed by atoms with Crippen molar-refractivity contribution >= 4 is 54.4 Å². The van der Waals surface area contributed by atoms with Crippen molar-refractivity contribution in [2.24, 2.45) is 0 Å². The van der Waals surface area contributed by atoms with E-state index in [2.05, 4.69) is 191 Å². The van der Waals surface area contributed by atoms with Crippen LogP contribution in [0.5, 0.6) is 0 Å². The molecule has 0 unspecified atom stereocenters. The number of fused-ring (bicyclic) bond motifs is 7. The van der Waals surface area contributed by atoms with Crippen LogP contribution >= 0.6 is 0 Å². The zero-order valence-electron chi connectivity index (χ0n) is 29.3. The van der Waals surface area contributed by atoms with Gasteiger partial charge in [-0.2, -0.15) is 0 Å². The summed E-state index contributed by atoms with van der Waals surface area (Å²) >= 11 is 0. The van der Waals surface area contributed by atoms with Crippen molar-refractivity contribution in [3.63, 3.8) is 0 Å².